The maximum absolute atomic E-state index is 15.3. The van der Waals surface area contributed by atoms with Crippen LogP contribution in [0.25, 0.3) is 16.5 Å². The summed E-state index contributed by atoms with van der Waals surface area (Å²) in [7, 11) is 0. The number of benzene rings is 1. The molecule has 8 nitrogen and oxygen atoms in total. The van der Waals surface area contributed by atoms with E-state index < -0.39 is 11.9 Å². The Balaban J connectivity index is 1.61. The minimum absolute atomic E-state index is 0.229. The van der Waals surface area contributed by atoms with E-state index in [-0.39, 0.29) is 22.5 Å². The number of thiophene rings is 1. The molecule has 4 heterocycles. The zero-order valence-electron chi connectivity index (χ0n) is 19.4. The average Bonchev–Trinajstić information content (AvgIpc) is 3.54. The maximum atomic E-state index is 15.3. The Kier molecular flexibility index (Phi) is 5.65. The second-order valence-corrected chi connectivity index (χ2v) is 10.1. The van der Waals surface area contributed by atoms with Gasteiger partial charge in [-0.2, -0.15) is 5.10 Å². The van der Waals surface area contributed by atoms with E-state index in [1.165, 1.54) is 17.4 Å². The molecule has 0 saturated heterocycles. The zero-order chi connectivity index (χ0) is 25.0. The molecule has 0 radical (unpaired) electrons. The number of ether oxygens (including phenoxy) is 1. The Morgan fingerprint density at radius 1 is 1.19 bits per heavy atom. The fourth-order valence-corrected chi connectivity index (χ4v) is 6.50. The fraction of sp³-hybridized carbons (Fsp3) is 0.280. The highest BCUT2D eigenvalue weighted by atomic mass is 35.5. The van der Waals surface area contributed by atoms with Crippen LogP contribution in [0, 0.1) is 11.7 Å². The molecule has 1 unspecified atom stereocenters. The number of carbonyl (C=O) groups is 1. The number of aromatic nitrogens is 5. The van der Waals surface area contributed by atoms with E-state index in [9.17, 15) is 4.79 Å². The van der Waals surface area contributed by atoms with Crippen molar-refractivity contribution in [2.45, 2.75) is 32.7 Å². The van der Waals surface area contributed by atoms with E-state index in [2.05, 4.69) is 20.4 Å². The Hall–Kier alpha value is -3.50. The first-order chi connectivity index (χ1) is 17.5. The first-order valence-electron chi connectivity index (χ1n) is 11.5. The van der Waals surface area contributed by atoms with Crippen LogP contribution in [-0.2, 0) is 22.4 Å². The number of esters is 1. The van der Waals surface area contributed by atoms with Crippen LogP contribution in [0.15, 0.2) is 41.5 Å². The van der Waals surface area contributed by atoms with Crippen LogP contribution in [0.4, 0.5) is 4.39 Å². The standard InChI is InChI=1S/C25H20ClFN6O2S/c1-3-35-25(34)13-10-14-18(11-13)36-24-19(14)21(20-15(26)6-4-7-16(20)27)29-12(2)22-31-32-23(33(22)24)17-8-5-9-28-30-17/h4-9,12-13H,3,10-11H2,1-2H3/t12-,13?/m0/s1. The van der Waals surface area contributed by atoms with Gasteiger partial charge in [0.25, 0.3) is 0 Å². The van der Waals surface area contributed by atoms with Crippen molar-refractivity contribution in [2.24, 2.45) is 10.9 Å². The third-order valence-corrected chi connectivity index (χ3v) is 7.95. The predicted molar refractivity (Wildman–Crippen MR) is 133 cm³/mol. The minimum Gasteiger partial charge on any atom is -0.466 e. The molecular weight excluding hydrogens is 503 g/mol. The summed E-state index contributed by atoms with van der Waals surface area (Å²) < 4.78 is 22.5. The largest absolute Gasteiger partial charge is 0.466 e. The molecule has 0 saturated carbocycles. The molecule has 182 valence electrons. The minimum atomic E-state index is -0.467. The van der Waals surface area contributed by atoms with E-state index in [4.69, 9.17) is 21.3 Å². The van der Waals surface area contributed by atoms with Crippen LogP contribution >= 0.6 is 22.9 Å². The summed E-state index contributed by atoms with van der Waals surface area (Å²) >= 11 is 8.06. The number of nitrogens with zero attached hydrogens (tertiary/aromatic N) is 6. The Morgan fingerprint density at radius 3 is 2.81 bits per heavy atom. The van der Waals surface area contributed by atoms with Crippen LogP contribution in [-0.4, -0.2) is 43.2 Å². The summed E-state index contributed by atoms with van der Waals surface area (Å²) in [5.74, 6) is 0.120. The van der Waals surface area contributed by atoms with Gasteiger partial charge in [0.2, 0.25) is 0 Å². The molecule has 2 aliphatic rings. The van der Waals surface area contributed by atoms with Crippen LogP contribution in [0.5, 0.6) is 0 Å². The molecule has 0 bridgehead atoms. The van der Waals surface area contributed by atoms with E-state index in [0.717, 1.165) is 21.0 Å². The number of halogens is 2. The molecule has 0 spiro atoms. The third-order valence-electron chi connectivity index (χ3n) is 6.40. The molecule has 1 aliphatic heterocycles. The van der Waals surface area contributed by atoms with Gasteiger partial charge in [0.05, 0.1) is 28.8 Å². The van der Waals surface area contributed by atoms with Gasteiger partial charge in [-0.1, -0.05) is 17.7 Å². The molecule has 0 amide bonds. The van der Waals surface area contributed by atoms with Crippen molar-refractivity contribution in [3.05, 3.63) is 74.8 Å². The van der Waals surface area contributed by atoms with Gasteiger partial charge in [0, 0.05) is 16.6 Å². The van der Waals surface area contributed by atoms with Crippen LogP contribution in [0.2, 0.25) is 5.02 Å². The highest BCUT2D eigenvalue weighted by molar-refractivity contribution is 7.15. The molecule has 11 heteroatoms. The lowest BCUT2D eigenvalue weighted by Gasteiger charge is -2.14. The maximum Gasteiger partial charge on any atom is 0.309 e. The van der Waals surface area contributed by atoms with Crippen molar-refractivity contribution in [1.29, 1.82) is 0 Å². The summed E-state index contributed by atoms with van der Waals surface area (Å²) in [6, 6.07) is 7.73. The van der Waals surface area contributed by atoms with Gasteiger partial charge in [-0.15, -0.1) is 26.6 Å². The van der Waals surface area contributed by atoms with Gasteiger partial charge >= 0.3 is 5.97 Å². The summed E-state index contributed by atoms with van der Waals surface area (Å²) in [6.07, 6.45) is 2.60. The second-order valence-electron chi connectivity index (χ2n) is 8.62. The molecule has 1 aliphatic carbocycles. The molecule has 2 atom stereocenters. The van der Waals surface area contributed by atoms with Crippen molar-refractivity contribution in [2.75, 3.05) is 6.61 Å². The number of hydrogen-bond donors (Lipinski definition) is 0. The molecule has 3 aromatic heterocycles. The lowest BCUT2D eigenvalue weighted by Crippen LogP contribution is -2.19. The normalized spacial score (nSPS) is 18.2. The fourth-order valence-electron chi connectivity index (χ4n) is 4.83. The highest BCUT2D eigenvalue weighted by Gasteiger charge is 2.39. The van der Waals surface area contributed by atoms with Crippen LogP contribution < -0.4 is 0 Å². The number of hydrogen-bond acceptors (Lipinski definition) is 8. The first kappa shape index (κ1) is 22.9. The monoisotopic (exact) mass is 522 g/mol. The lowest BCUT2D eigenvalue weighted by atomic mass is 9.97. The SMILES string of the molecule is CCOC(=O)C1Cc2sc3c(c2C1)C(c1c(F)cccc1Cl)=N[C@@H](C)c1nnc(-c2cccnn2)n1-3. The second kappa shape index (κ2) is 8.86. The molecule has 0 fully saturated rings. The first-order valence-corrected chi connectivity index (χ1v) is 12.7. The molecule has 6 rings (SSSR count). The average molecular weight is 523 g/mol. The van der Waals surface area contributed by atoms with Gasteiger partial charge in [-0.3, -0.25) is 14.4 Å². The summed E-state index contributed by atoms with van der Waals surface area (Å²) in [6.45, 7) is 4.00. The van der Waals surface area contributed by atoms with Crippen LogP contribution in [0.3, 0.4) is 0 Å². The van der Waals surface area contributed by atoms with Crippen molar-refractivity contribution < 1.29 is 13.9 Å². The van der Waals surface area contributed by atoms with E-state index in [1.54, 1.807) is 31.3 Å². The van der Waals surface area contributed by atoms with E-state index in [1.807, 2.05) is 17.6 Å². The Bertz CT molecular complexity index is 1510. The predicted octanol–water partition coefficient (Wildman–Crippen LogP) is 4.77. The lowest BCUT2D eigenvalue weighted by molar-refractivity contribution is -0.147. The van der Waals surface area contributed by atoms with Gasteiger partial charge in [0.1, 0.15) is 22.6 Å². The number of carbonyl (C=O) groups excluding carboxylic acids is 1. The quantitative estimate of drug-likeness (QED) is 0.358. The number of rotatable bonds is 4. The topological polar surface area (TPSA) is 95.2 Å². The van der Waals surface area contributed by atoms with Gasteiger partial charge in [-0.25, -0.2) is 4.39 Å². The Morgan fingerprint density at radius 2 is 2.06 bits per heavy atom. The van der Waals surface area contributed by atoms with Crippen molar-refractivity contribution in [3.63, 3.8) is 0 Å². The summed E-state index contributed by atoms with van der Waals surface area (Å²) in [5, 5.41) is 18.1. The van der Waals surface area contributed by atoms with Crippen molar-refractivity contribution in [1.82, 2.24) is 25.0 Å². The molecule has 0 N–H and O–H groups in total. The molecule has 36 heavy (non-hydrogen) atoms. The highest BCUT2D eigenvalue weighted by Crippen LogP contribution is 2.46. The van der Waals surface area contributed by atoms with Gasteiger partial charge in [0.15, 0.2) is 11.6 Å². The van der Waals surface area contributed by atoms with Gasteiger partial charge < -0.3 is 4.74 Å². The Labute approximate surface area is 214 Å². The van der Waals surface area contributed by atoms with E-state index in [0.29, 0.717) is 42.5 Å². The van der Waals surface area contributed by atoms with Crippen molar-refractivity contribution >= 4 is 34.6 Å². The number of fused-ring (bicyclic) bond motifs is 5. The zero-order valence-corrected chi connectivity index (χ0v) is 21.0. The van der Waals surface area contributed by atoms with E-state index >= 15 is 4.39 Å². The molecular formula is C25H20ClFN6O2S. The summed E-state index contributed by atoms with van der Waals surface area (Å²) in [5.41, 5.74) is 2.92. The van der Waals surface area contributed by atoms with Gasteiger partial charge in [-0.05, 0) is 56.5 Å². The summed E-state index contributed by atoms with van der Waals surface area (Å²) in [4.78, 5) is 18.5. The molecule has 4 aromatic rings. The van der Waals surface area contributed by atoms with Crippen LogP contribution in [0.1, 0.15) is 47.3 Å². The molecule has 1 aromatic carbocycles. The number of aliphatic imine (C=N–C) groups is 1. The smallest absolute Gasteiger partial charge is 0.309 e. The van der Waals surface area contributed by atoms with Crippen molar-refractivity contribution in [3.8, 4) is 16.5 Å². The third kappa shape index (κ3) is 3.55.